The van der Waals surface area contributed by atoms with Crippen molar-refractivity contribution in [2.45, 2.75) is 32.6 Å². The van der Waals surface area contributed by atoms with E-state index in [2.05, 4.69) is 10.6 Å². The van der Waals surface area contributed by atoms with Crippen molar-refractivity contribution in [2.24, 2.45) is 0 Å². The number of amides is 2. The molecule has 1 aromatic rings. The van der Waals surface area contributed by atoms with Gasteiger partial charge in [0.1, 0.15) is 0 Å². The van der Waals surface area contributed by atoms with Crippen LogP contribution in [0.3, 0.4) is 0 Å². The molecule has 0 fully saturated rings. The van der Waals surface area contributed by atoms with E-state index in [1.165, 1.54) is 0 Å². The Kier molecular flexibility index (Phi) is 9.25. The minimum Gasteiger partial charge on any atom is -0.450 e. The summed E-state index contributed by atoms with van der Waals surface area (Å²) < 4.78 is 9.99. The highest BCUT2D eigenvalue weighted by Crippen LogP contribution is 2.05. The van der Waals surface area contributed by atoms with Crippen molar-refractivity contribution in [3.63, 3.8) is 0 Å². The Morgan fingerprint density at radius 1 is 0.955 bits per heavy atom. The van der Waals surface area contributed by atoms with E-state index < -0.39 is 12.2 Å². The van der Waals surface area contributed by atoms with Crippen LogP contribution >= 0.6 is 0 Å². The third-order valence-electron chi connectivity index (χ3n) is 2.82. The average Bonchev–Trinajstić information content (AvgIpc) is 2.52. The lowest BCUT2D eigenvalue weighted by Gasteiger charge is -2.08. The number of hydrogen-bond acceptors (Lipinski definition) is 4. The number of carbonyl (C=O) groups excluding carboxylic acids is 2. The van der Waals surface area contributed by atoms with Gasteiger partial charge in [-0.15, -0.1) is 0 Å². The van der Waals surface area contributed by atoms with Crippen molar-refractivity contribution >= 4 is 17.9 Å². The fourth-order valence-corrected chi connectivity index (χ4v) is 1.62. The van der Waals surface area contributed by atoms with E-state index in [1.807, 2.05) is 25.1 Å². The van der Waals surface area contributed by atoms with Crippen molar-refractivity contribution in [3.05, 3.63) is 30.3 Å². The number of anilines is 1. The molecule has 0 radical (unpaired) electrons. The molecule has 0 aliphatic heterocycles. The Hall–Kier alpha value is -2.24. The first-order valence-corrected chi connectivity index (χ1v) is 7.62. The van der Waals surface area contributed by atoms with E-state index in [0.717, 1.165) is 19.3 Å². The highest BCUT2D eigenvalue weighted by Gasteiger charge is 2.03. The SMILES string of the molecule is CCCCOC(=O)NCCCCOC(=O)Nc1ccccc1. The van der Waals surface area contributed by atoms with Crippen LogP contribution in [0.2, 0.25) is 0 Å². The number of hydrogen-bond donors (Lipinski definition) is 2. The highest BCUT2D eigenvalue weighted by atomic mass is 16.6. The molecule has 0 saturated heterocycles. The quantitative estimate of drug-likeness (QED) is 0.684. The van der Waals surface area contributed by atoms with Crippen LogP contribution in [0.5, 0.6) is 0 Å². The largest absolute Gasteiger partial charge is 0.450 e. The van der Waals surface area contributed by atoms with Gasteiger partial charge in [0.05, 0.1) is 13.2 Å². The Bertz CT molecular complexity index is 437. The molecule has 0 aliphatic rings. The van der Waals surface area contributed by atoms with Crippen molar-refractivity contribution in [2.75, 3.05) is 25.1 Å². The average molecular weight is 308 g/mol. The van der Waals surface area contributed by atoms with Crippen LogP contribution in [0.1, 0.15) is 32.6 Å². The molecule has 6 nitrogen and oxygen atoms in total. The van der Waals surface area contributed by atoms with Gasteiger partial charge in [-0.1, -0.05) is 31.5 Å². The predicted molar refractivity (Wildman–Crippen MR) is 84.9 cm³/mol. The number of para-hydroxylation sites is 1. The third-order valence-corrected chi connectivity index (χ3v) is 2.82. The molecule has 2 N–H and O–H groups in total. The van der Waals surface area contributed by atoms with Crippen LogP contribution in [0.4, 0.5) is 15.3 Å². The normalized spacial score (nSPS) is 9.86. The van der Waals surface area contributed by atoms with Crippen LogP contribution in [-0.2, 0) is 9.47 Å². The molecule has 22 heavy (non-hydrogen) atoms. The zero-order chi connectivity index (χ0) is 16.0. The maximum absolute atomic E-state index is 11.5. The second-order valence-electron chi connectivity index (χ2n) is 4.75. The molecule has 1 rings (SSSR count). The van der Waals surface area contributed by atoms with Crippen LogP contribution in [-0.4, -0.2) is 31.9 Å². The summed E-state index contributed by atoms with van der Waals surface area (Å²) in [7, 11) is 0. The van der Waals surface area contributed by atoms with Crippen LogP contribution in [0.15, 0.2) is 30.3 Å². The molecular formula is C16H24N2O4. The first-order valence-electron chi connectivity index (χ1n) is 7.62. The summed E-state index contributed by atoms with van der Waals surface area (Å²) in [6.45, 7) is 3.31. The van der Waals surface area contributed by atoms with Gasteiger partial charge >= 0.3 is 12.2 Å². The first-order chi connectivity index (χ1) is 10.7. The van der Waals surface area contributed by atoms with E-state index in [-0.39, 0.29) is 0 Å². The lowest BCUT2D eigenvalue weighted by atomic mass is 10.3. The van der Waals surface area contributed by atoms with Crippen LogP contribution in [0.25, 0.3) is 0 Å². The second kappa shape index (κ2) is 11.4. The van der Waals surface area contributed by atoms with Crippen LogP contribution in [0, 0.1) is 0 Å². The molecule has 122 valence electrons. The fraction of sp³-hybridized carbons (Fsp3) is 0.500. The zero-order valence-electron chi connectivity index (χ0n) is 13.0. The smallest absolute Gasteiger partial charge is 0.411 e. The molecular weight excluding hydrogens is 284 g/mol. The van der Waals surface area contributed by atoms with Crippen molar-refractivity contribution in [1.29, 1.82) is 0 Å². The summed E-state index contributed by atoms with van der Waals surface area (Å²) in [6, 6.07) is 9.11. The number of alkyl carbamates (subject to hydrolysis) is 1. The van der Waals surface area contributed by atoms with Gasteiger partial charge in [-0.2, -0.15) is 0 Å². The van der Waals surface area contributed by atoms with Gasteiger partial charge in [0.25, 0.3) is 0 Å². The number of rotatable bonds is 9. The van der Waals surface area contributed by atoms with E-state index in [9.17, 15) is 9.59 Å². The van der Waals surface area contributed by atoms with Crippen molar-refractivity contribution in [3.8, 4) is 0 Å². The number of unbranched alkanes of at least 4 members (excludes halogenated alkanes) is 2. The van der Waals surface area contributed by atoms with Gasteiger partial charge in [-0.25, -0.2) is 9.59 Å². The fourth-order valence-electron chi connectivity index (χ4n) is 1.62. The molecule has 6 heteroatoms. The van der Waals surface area contributed by atoms with Gasteiger partial charge in [0.2, 0.25) is 0 Å². The molecule has 0 saturated carbocycles. The number of nitrogens with one attached hydrogen (secondary N) is 2. The van der Waals surface area contributed by atoms with E-state index in [4.69, 9.17) is 9.47 Å². The number of benzene rings is 1. The Morgan fingerprint density at radius 3 is 2.36 bits per heavy atom. The lowest BCUT2D eigenvalue weighted by molar-refractivity contribution is 0.142. The second-order valence-corrected chi connectivity index (χ2v) is 4.75. The molecule has 0 aliphatic carbocycles. The third kappa shape index (κ3) is 8.84. The van der Waals surface area contributed by atoms with Crippen LogP contribution < -0.4 is 10.6 Å². The van der Waals surface area contributed by atoms with Gasteiger partial charge in [0.15, 0.2) is 0 Å². The minimum absolute atomic E-state index is 0.311. The molecule has 0 spiro atoms. The molecule has 2 amide bonds. The van der Waals surface area contributed by atoms with Crippen molar-refractivity contribution < 1.29 is 19.1 Å². The molecule has 0 unspecified atom stereocenters. The molecule has 0 bridgehead atoms. The molecule has 0 atom stereocenters. The van der Waals surface area contributed by atoms with Crippen molar-refractivity contribution in [1.82, 2.24) is 5.32 Å². The highest BCUT2D eigenvalue weighted by molar-refractivity contribution is 5.84. The topological polar surface area (TPSA) is 76.7 Å². The van der Waals surface area contributed by atoms with Gasteiger partial charge in [-0.3, -0.25) is 5.32 Å². The maximum atomic E-state index is 11.5. The van der Waals surface area contributed by atoms with E-state index in [1.54, 1.807) is 12.1 Å². The van der Waals surface area contributed by atoms with E-state index in [0.29, 0.717) is 31.9 Å². The maximum Gasteiger partial charge on any atom is 0.411 e. The lowest BCUT2D eigenvalue weighted by Crippen LogP contribution is -2.26. The minimum atomic E-state index is -0.474. The monoisotopic (exact) mass is 308 g/mol. The summed E-state index contributed by atoms with van der Waals surface area (Å²) in [5.74, 6) is 0. The summed E-state index contributed by atoms with van der Waals surface area (Å²) in [5, 5.41) is 5.28. The molecule has 0 heterocycles. The molecule has 0 aromatic heterocycles. The summed E-state index contributed by atoms with van der Waals surface area (Å²) in [6.07, 6.45) is 2.40. The number of ether oxygens (including phenoxy) is 2. The summed E-state index contributed by atoms with van der Waals surface area (Å²) in [4.78, 5) is 22.7. The predicted octanol–water partition coefficient (Wildman–Crippen LogP) is 3.54. The van der Waals surface area contributed by atoms with E-state index >= 15 is 0 Å². The zero-order valence-corrected chi connectivity index (χ0v) is 13.0. The number of carbonyl (C=O) groups is 2. The van der Waals surface area contributed by atoms with Gasteiger partial charge in [0, 0.05) is 12.2 Å². The first kappa shape index (κ1) is 17.8. The Balaban J connectivity index is 1.97. The summed E-state index contributed by atoms with van der Waals surface area (Å²) >= 11 is 0. The summed E-state index contributed by atoms with van der Waals surface area (Å²) in [5.41, 5.74) is 0.698. The Labute approximate surface area is 131 Å². The van der Waals surface area contributed by atoms with Gasteiger partial charge < -0.3 is 14.8 Å². The molecule has 1 aromatic carbocycles. The standard InChI is InChI=1S/C16H24N2O4/c1-2-3-12-21-15(19)17-11-7-8-13-22-16(20)18-14-9-5-4-6-10-14/h4-6,9-10H,2-3,7-8,11-13H2,1H3,(H,17,19)(H,18,20). The Morgan fingerprint density at radius 2 is 1.64 bits per heavy atom. The van der Waals surface area contributed by atoms with Gasteiger partial charge in [-0.05, 0) is 31.4 Å².